The predicted octanol–water partition coefficient (Wildman–Crippen LogP) is 4.36. The average molecular weight is 279 g/mol. The van der Waals surface area contributed by atoms with E-state index in [-0.39, 0.29) is 17.4 Å². The first-order valence-electron chi connectivity index (χ1n) is 7.72. The van der Waals surface area contributed by atoms with Crippen LogP contribution in [0.4, 0.5) is 8.78 Å². The van der Waals surface area contributed by atoms with Crippen LogP contribution in [0, 0.1) is 36.3 Å². The number of hydrogen-bond acceptors (Lipinski definition) is 1. The monoisotopic (exact) mass is 279 g/mol. The second-order valence-electron chi connectivity index (χ2n) is 6.60. The van der Waals surface area contributed by atoms with Gasteiger partial charge in [0.2, 0.25) is 0 Å². The molecular weight excluding hydrogens is 256 g/mol. The molecule has 2 fully saturated rings. The summed E-state index contributed by atoms with van der Waals surface area (Å²) in [4.78, 5) is 0. The summed E-state index contributed by atoms with van der Waals surface area (Å²) in [6.45, 7) is 1.70. The second-order valence-corrected chi connectivity index (χ2v) is 6.60. The first kappa shape index (κ1) is 14.0. The van der Waals surface area contributed by atoms with Crippen molar-refractivity contribution in [3.05, 3.63) is 34.9 Å². The molecule has 4 atom stereocenters. The number of hydrogen-bond donors (Lipinski definition) is 1. The first-order chi connectivity index (χ1) is 9.60. The fraction of sp³-hybridized carbons (Fsp3) is 0.647. The van der Waals surface area contributed by atoms with Gasteiger partial charge in [0.15, 0.2) is 0 Å². The lowest BCUT2D eigenvalue weighted by atomic mass is 9.82. The van der Waals surface area contributed by atoms with Gasteiger partial charge in [-0.1, -0.05) is 12.5 Å². The summed E-state index contributed by atoms with van der Waals surface area (Å²) < 4.78 is 28.3. The molecule has 20 heavy (non-hydrogen) atoms. The van der Waals surface area contributed by atoms with E-state index in [0.717, 1.165) is 18.3 Å². The van der Waals surface area contributed by atoms with Crippen LogP contribution >= 0.6 is 0 Å². The standard InChI is InChI=1S/C17H23F2N/c1-10-3-6-14(18)16(17(10)19)15(20-2)9-13-8-11-4-5-12(13)7-11/h3,6,11-13,15,20H,4-5,7-9H2,1-2H3. The minimum atomic E-state index is -0.421. The summed E-state index contributed by atoms with van der Waals surface area (Å²) in [6, 6.07) is 2.69. The van der Waals surface area contributed by atoms with Crippen LogP contribution in [0.1, 0.15) is 49.3 Å². The van der Waals surface area contributed by atoms with Crippen LogP contribution < -0.4 is 5.32 Å². The van der Waals surface area contributed by atoms with Gasteiger partial charge >= 0.3 is 0 Å². The Morgan fingerprint density at radius 1 is 1.25 bits per heavy atom. The maximum Gasteiger partial charge on any atom is 0.133 e. The van der Waals surface area contributed by atoms with E-state index in [1.807, 2.05) is 0 Å². The smallest absolute Gasteiger partial charge is 0.133 e. The molecule has 0 radical (unpaired) electrons. The number of benzene rings is 1. The highest BCUT2D eigenvalue weighted by molar-refractivity contribution is 5.29. The van der Waals surface area contributed by atoms with Crippen LogP contribution in [0.5, 0.6) is 0 Å². The lowest BCUT2D eigenvalue weighted by Crippen LogP contribution is -2.24. The van der Waals surface area contributed by atoms with E-state index in [1.54, 1.807) is 14.0 Å². The maximum absolute atomic E-state index is 14.3. The molecule has 0 amide bonds. The van der Waals surface area contributed by atoms with Crippen molar-refractivity contribution in [3.63, 3.8) is 0 Å². The van der Waals surface area contributed by atoms with Crippen LogP contribution in [0.25, 0.3) is 0 Å². The summed E-state index contributed by atoms with van der Waals surface area (Å²) in [5.41, 5.74) is 0.755. The highest BCUT2D eigenvalue weighted by atomic mass is 19.1. The minimum absolute atomic E-state index is 0.209. The molecule has 2 saturated carbocycles. The van der Waals surface area contributed by atoms with E-state index in [9.17, 15) is 8.78 Å². The zero-order valence-electron chi connectivity index (χ0n) is 12.3. The third-order valence-corrected chi connectivity index (χ3v) is 5.44. The molecule has 1 aromatic carbocycles. The fourth-order valence-electron chi connectivity index (χ4n) is 4.35. The molecule has 0 spiro atoms. The molecule has 110 valence electrons. The minimum Gasteiger partial charge on any atom is -0.313 e. The molecular formula is C17H23F2N. The van der Waals surface area contributed by atoms with E-state index in [2.05, 4.69) is 5.32 Å². The Kier molecular flexibility index (Phi) is 3.80. The third-order valence-electron chi connectivity index (χ3n) is 5.44. The van der Waals surface area contributed by atoms with E-state index in [4.69, 9.17) is 0 Å². The Bertz CT molecular complexity index is 500. The van der Waals surface area contributed by atoms with Crippen molar-refractivity contribution in [1.82, 2.24) is 5.32 Å². The SMILES string of the molecule is CNC(CC1CC2CCC1C2)c1c(F)ccc(C)c1F. The Hall–Kier alpha value is -0.960. The van der Waals surface area contributed by atoms with E-state index in [0.29, 0.717) is 11.5 Å². The molecule has 0 heterocycles. The molecule has 2 bridgehead atoms. The fourth-order valence-corrected chi connectivity index (χ4v) is 4.35. The molecule has 2 aliphatic rings. The lowest BCUT2D eigenvalue weighted by Gasteiger charge is -2.27. The number of nitrogens with one attached hydrogen (secondary N) is 1. The van der Waals surface area contributed by atoms with Crippen LogP contribution in [-0.2, 0) is 0 Å². The molecule has 3 heteroatoms. The van der Waals surface area contributed by atoms with Gasteiger partial charge < -0.3 is 5.32 Å². The van der Waals surface area contributed by atoms with Gasteiger partial charge in [-0.15, -0.1) is 0 Å². The van der Waals surface area contributed by atoms with Crippen molar-refractivity contribution >= 4 is 0 Å². The Morgan fingerprint density at radius 2 is 2.05 bits per heavy atom. The molecule has 0 aromatic heterocycles. The molecule has 2 aliphatic carbocycles. The molecule has 3 rings (SSSR count). The Morgan fingerprint density at radius 3 is 2.65 bits per heavy atom. The highest BCUT2D eigenvalue weighted by Crippen LogP contribution is 2.51. The van der Waals surface area contributed by atoms with Crippen molar-refractivity contribution in [2.75, 3.05) is 7.05 Å². The van der Waals surface area contributed by atoms with Crippen molar-refractivity contribution in [1.29, 1.82) is 0 Å². The number of aryl methyl sites for hydroxylation is 1. The third kappa shape index (κ3) is 2.37. The van der Waals surface area contributed by atoms with Crippen molar-refractivity contribution in [2.24, 2.45) is 17.8 Å². The van der Waals surface area contributed by atoms with Crippen LogP contribution in [-0.4, -0.2) is 7.05 Å². The van der Waals surface area contributed by atoms with Gasteiger partial charge in [-0.2, -0.15) is 0 Å². The highest BCUT2D eigenvalue weighted by Gasteiger charge is 2.40. The molecule has 0 aliphatic heterocycles. The first-order valence-corrected chi connectivity index (χ1v) is 7.72. The predicted molar refractivity (Wildman–Crippen MR) is 76.5 cm³/mol. The Balaban J connectivity index is 1.82. The van der Waals surface area contributed by atoms with E-state index in [1.165, 1.54) is 37.8 Å². The molecule has 0 saturated heterocycles. The van der Waals surface area contributed by atoms with Crippen LogP contribution in [0.3, 0.4) is 0 Å². The largest absolute Gasteiger partial charge is 0.313 e. The van der Waals surface area contributed by atoms with Gasteiger partial charge in [0, 0.05) is 11.6 Å². The lowest BCUT2D eigenvalue weighted by molar-refractivity contribution is 0.279. The van der Waals surface area contributed by atoms with Crippen molar-refractivity contribution < 1.29 is 8.78 Å². The Labute approximate surface area is 119 Å². The number of halogens is 2. The zero-order valence-corrected chi connectivity index (χ0v) is 12.3. The average Bonchev–Trinajstić information content (AvgIpc) is 3.04. The topological polar surface area (TPSA) is 12.0 Å². The quantitative estimate of drug-likeness (QED) is 0.863. The zero-order chi connectivity index (χ0) is 14.3. The van der Waals surface area contributed by atoms with Gasteiger partial charge in [0.25, 0.3) is 0 Å². The normalized spacial score (nSPS) is 29.9. The molecule has 1 nitrogen and oxygen atoms in total. The van der Waals surface area contributed by atoms with Gasteiger partial charge in [0.05, 0.1) is 0 Å². The number of fused-ring (bicyclic) bond motifs is 2. The summed E-state index contributed by atoms with van der Waals surface area (Å²) in [5.74, 6) is 1.48. The van der Waals surface area contributed by atoms with E-state index >= 15 is 0 Å². The summed E-state index contributed by atoms with van der Waals surface area (Å²) in [7, 11) is 1.80. The summed E-state index contributed by atoms with van der Waals surface area (Å²) in [5, 5.41) is 3.13. The van der Waals surface area contributed by atoms with Gasteiger partial charge in [-0.3, -0.25) is 0 Å². The maximum atomic E-state index is 14.3. The summed E-state index contributed by atoms with van der Waals surface area (Å²) in [6.07, 6.45) is 6.11. The van der Waals surface area contributed by atoms with Crippen LogP contribution in [0.2, 0.25) is 0 Å². The van der Waals surface area contributed by atoms with Crippen molar-refractivity contribution in [2.45, 2.75) is 45.1 Å². The van der Waals surface area contributed by atoms with E-state index < -0.39 is 5.82 Å². The van der Waals surface area contributed by atoms with Gasteiger partial charge in [0.1, 0.15) is 11.6 Å². The van der Waals surface area contributed by atoms with Crippen LogP contribution in [0.15, 0.2) is 12.1 Å². The van der Waals surface area contributed by atoms with Crippen molar-refractivity contribution in [3.8, 4) is 0 Å². The van der Waals surface area contributed by atoms with Gasteiger partial charge in [-0.25, -0.2) is 8.78 Å². The molecule has 4 unspecified atom stereocenters. The second kappa shape index (κ2) is 5.44. The molecule has 1 N–H and O–H groups in total. The number of rotatable bonds is 4. The molecule has 1 aromatic rings. The van der Waals surface area contributed by atoms with Gasteiger partial charge in [-0.05, 0) is 69.0 Å². The summed E-state index contributed by atoms with van der Waals surface area (Å²) >= 11 is 0.